The van der Waals surface area contributed by atoms with Gasteiger partial charge in [-0.3, -0.25) is 0 Å². The van der Waals surface area contributed by atoms with E-state index < -0.39 is 0 Å². The van der Waals surface area contributed by atoms with Gasteiger partial charge < -0.3 is 19.5 Å². The van der Waals surface area contributed by atoms with Gasteiger partial charge in [0.25, 0.3) is 0 Å². The lowest BCUT2D eigenvalue weighted by molar-refractivity contribution is 0.0806. The van der Waals surface area contributed by atoms with Gasteiger partial charge >= 0.3 is 0 Å². The Bertz CT molecular complexity index is 401. The van der Waals surface area contributed by atoms with E-state index in [1.807, 2.05) is 12.1 Å². The second-order valence-corrected chi connectivity index (χ2v) is 5.62. The molecule has 0 saturated carbocycles. The first kappa shape index (κ1) is 18.4. The highest BCUT2D eigenvalue weighted by Gasteiger charge is 2.09. The molecule has 0 aliphatic carbocycles. The minimum atomic E-state index is 0.322. The van der Waals surface area contributed by atoms with E-state index in [1.165, 1.54) is 5.56 Å². The number of benzene rings is 1. The van der Waals surface area contributed by atoms with Crippen molar-refractivity contribution < 1.29 is 14.2 Å². The molecule has 1 rings (SSSR count). The summed E-state index contributed by atoms with van der Waals surface area (Å²) in [6.07, 6.45) is 0.916. The highest BCUT2D eigenvalue weighted by Crippen LogP contribution is 2.27. The Hall–Kier alpha value is -0.620. The van der Waals surface area contributed by atoms with Crippen LogP contribution < -0.4 is 10.1 Å². The third kappa shape index (κ3) is 7.27. The van der Waals surface area contributed by atoms with Crippen molar-refractivity contribution in [3.63, 3.8) is 0 Å². The van der Waals surface area contributed by atoms with Crippen LogP contribution in [-0.4, -0.2) is 40.1 Å². The van der Waals surface area contributed by atoms with Gasteiger partial charge in [-0.1, -0.05) is 28.9 Å². The molecule has 120 valence electrons. The van der Waals surface area contributed by atoms with Crippen LogP contribution in [0, 0.1) is 0 Å². The maximum Gasteiger partial charge on any atom is 0.120 e. The van der Waals surface area contributed by atoms with E-state index in [0.29, 0.717) is 25.9 Å². The first-order valence-corrected chi connectivity index (χ1v) is 8.20. The molecule has 0 amide bonds. The normalized spacial score (nSPS) is 12.4. The molecule has 0 fully saturated rings. The smallest absolute Gasteiger partial charge is 0.120 e. The lowest BCUT2D eigenvalue weighted by atomic mass is 10.1. The molecule has 1 N–H and O–H groups in total. The van der Waals surface area contributed by atoms with Crippen LogP contribution in [0.2, 0.25) is 0 Å². The van der Waals surface area contributed by atoms with E-state index in [-0.39, 0.29) is 0 Å². The molecule has 4 nitrogen and oxygen atoms in total. The molecule has 0 aliphatic heterocycles. The second-order valence-electron chi connectivity index (χ2n) is 4.77. The lowest BCUT2D eigenvalue weighted by Gasteiger charge is -2.15. The molecule has 0 spiro atoms. The standard InChI is InChI=1S/C16H26BrNO3/c1-4-18-13(2)15-7-6-14(12-16(15)17)21-11-10-20-9-5-8-19-3/h6-7,12-13,18H,4-5,8-11H2,1-3H3. The van der Waals surface area contributed by atoms with Crippen LogP contribution in [-0.2, 0) is 9.47 Å². The second kappa shape index (κ2) is 11.0. The van der Waals surface area contributed by atoms with Crippen LogP contribution in [0.4, 0.5) is 0 Å². The summed E-state index contributed by atoms with van der Waals surface area (Å²) >= 11 is 3.60. The van der Waals surface area contributed by atoms with Gasteiger partial charge in [0.15, 0.2) is 0 Å². The molecule has 0 aliphatic rings. The quantitative estimate of drug-likeness (QED) is 0.613. The maximum absolute atomic E-state index is 5.68. The van der Waals surface area contributed by atoms with Crippen LogP contribution in [0.25, 0.3) is 0 Å². The predicted molar refractivity (Wildman–Crippen MR) is 89.0 cm³/mol. The van der Waals surface area contributed by atoms with Crippen molar-refractivity contribution in [1.29, 1.82) is 0 Å². The minimum Gasteiger partial charge on any atom is -0.491 e. The Kier molecular flexibility index (Phi) is 9.67. The number of methoxy groups -OCH3 is 1. The molecule has 0 radical (unpaired) electrons. The highest BCUT2D eigenvalue weighted by atomic mass is 79.9. The summed E-state index contributed by atoms with van der Waals surface area (Å²) in [6.45, 7) is 7.80. The van der Waals surface area contributed by atoms with Crippen LogP contribution in [0.15, 0.2) is 22.7 Å². The molecule has 0 aromatic heterocycles. The summed E-state index contributed by atoms with van der Waals surface area (Å²) in [5.41, 5.74) is 1.24. The van der Waals surface area contributed by atoms with Crippen LogP contribution >= 0.6 is 15.9 Å². The number of nitrogens with one attached hydrogen (secondary N) is 1. The highest BCUT2D eigenvalue weighted by molar-refractivity contribution is 9.10. The maximum atomic E-state index is 5.68. The fourth-order valence-electron chi connectivity index (χ4n) is 1.99. The summed E-state index contributed by atoms with van der Waals surface area (Å²) in [5, 5.41) is 3.40. The summed E-state index contributed by atoms with van der Waals surface area (Å²) in [4.78, 5) is 0. The monoisotopic (exact) mass is 359 g/mol. The minimum absolute atomic E-state index is 0.322. The molecule has 5 heteroatoms. The fraction of sp³-hybridized carbons (Fsp3) is 0.625. The zero-order valence-electron chi connectivity index (χ0n) is 13.2. The van der Waals surface area contributed by atoms with Crippen LogP contribution in [0.5, 0.6) is 5.75 Å². The molecule has 1 aromatic rings. The van der Waals surface area contributed by atoms with Crippen LogP contribution in [0.3, 0.4) is 0 Å². The predicted octanol–water partition coefficient (Wildman–Crippen LogP) is 3.55. The van der Waals surface area contributed by atoms with Crippen LogP contribution in [0.1, 0.15) is 31.9 Å². The van der Waals surface area contributed by atoms with Crippen molar-refractivity contribution in [2.75, 3.05) is 40.1 Å². The Balaban J connectivity index is 2.31. The lowest BCUT2D eigenvalue weighted by Crippen LogP contribution is -2.18. The number of hydrogen-bond acceptors (Lipinski definition) is 4. The van der Waals surface area contributed by atoms with Gasteiger partial charge in [0.05, 0.1) is 6.61 Å². The van der Waals surface area contributed by atoms with Gasteiger partial charge in [0.2, 0.25) is 0 Å². The average molecular weight is 360 g/mol. The molecule has 21 heavy (non-hydrogen) atoms. The van der Waals surface area contributed by atoms with Gasteiger partial charge in [0.1, 0.15) is 12.4 Å². The zero-order valence-corrected chi connectivity index (χ0v) is 14.7. The Labute approximate surface area is 136 Å². The Morgan fingerprint density at radius 1 is 1.19 bits per heavy atom. The number of halogens is 1. The summed E-state index contributed by atoms with van der Waals surface area (Å²) in [5.74, 6) is 0.856. The molecular weight excluding hydrogens is 334 g/mol. The first-order chi connectivity index (χ1) is 10.2. The first-order valence-electron chi connectivity index (χ1n) is 7.41. The van der Waals surface area contributed by atoms with Crippen molar-refractivity contribution in [3.8, 4) is 5.75 Å². The van der Waals surface area contributed by atoms with E-state index in [1.54, 1.807) is 7.11 Å². The topological polar surface area (TPSA) is 39.7 Å². The molecular formula is C16H26BrNO3. The van der Waals surface area contributed by atoms with Gasteiger partial charge in [0, 0.05) is 30.8 Å². The molecule has 1 atom stereocenters. The van der Waals surface area contributed by atoms with Crippen molar-refractivity contribution in [3.05, 3.63) is 28.2 Å². The summed E-state index contributed by atoms with van der Waals surface area (Å²) < 4.78 is 17.2. The van der Waals surface area contributed by atoms with E-state index in [4.69, 9.17) is 14.2 Å². The molecule has 0 bridgehead atoms. The summed E-state index contributed by atoms with van der Waals surface area (Å²) in [7, 11) is 1.70. The van der Waals surface area contributed by atoms with Gasteiger partial charge in [-0.2, -0.15) is 0 Å². The van der Waals surface area contributed by atoms with E-state index >= 15 is 0 Å². The van der Waals surface area contributed by atoms with Crippen molar-refractivity contribution in [2.45, 2.75) is 26.3 Å². The third-order valence-corrected chi connectivity index (χ3v) is 3.77. The third-order valence-electron chi connectivity index (χ3n) is 3.08. The molecule has 1 aromatic carbocycles. The van der Waals surface area contributed by atoms with E-state index in [9.17, 15) is 0 Å². The Morgan fingerprint density at radius 3 is 2.67 bits per heavy atom. The van der Waals surface area contributed by atoms with Crippen molar-refractivity contribution in [2.24, 2.45) is 0 Å². The van der Waals surface area contributed by atoms with Gasteiger partial charge in [-0.25, -0.2) is 0 Å². The fourth-order valence-corrected chi connectivity index (χ4v) is 2.69. The molecule has 0 heterocycles. The van der Waals surface area contributed by atoms with Gasteiger partial charge in [-0.15, -0.1) is 0 Å². The van der Waals surface area contributed by atoms with Crippen molar-refractivity contribution in [1.82, 2.24) is 5.32 Å². The number of rotatable bonds is 11. The van der Waals surface area contributed by atoms with E-state index in [2.05, 4.69) is 41.2 Å². The Morgan fingerprint density at radius 2 is 2.00 bits per heavy atom. The van der Waals surface area contributed by atoms with E-state index in [0.717, 1.165) is 29.8 Å². The summed E-state index contributed by atoms with van der Waals surface area (Å²) in [6, 6.07) is 6.42. The van der Waals surface area contributed by atoms with Crippen molar-refractivity contribution >= 4 is 15.9 Å². The average Bonchev–Trinajstić information content (AvgIpc) is 2.46. The zero-order chi connectivity index (χ0) is 15.5. The van der Waals surface area contributed by atoms with Gasteiger partial charge in [-0.05, 0) is 37.6 Å². The number of hydrogen-bond donors (Lipinski definition) is 1. The molecule has 1 unspecified atom stereocenters. The number of ether oxygens (including phenoxy) is 3. The SMILES string of the molecule is CCNC(C)c1ccc(OCCOCCCOC)cc1Br. The largest absolute Gasteiger partial charge is 0.491 e. The molecule has 0 saturated heterocycles.